The Morgan fingerprint density at radius 2 is 1.50 bits per heavy atom. The molecule has 5 heteroatoms. The SMILES string of the molecule is CC(C)c1cc(C(C)C)c(S(=O)(=O)N(C)Cc2ccco2)c(C(C)C)c1. The molecule has 0 saturated carbocycles. The summed E-state index contributed by atoms with van der Waals surface area (Å²) in [5.41, 5.74) is 2.97. The summed E-state index contributed by atoms with van der Waals surface area (Å²) in [7, 11) is -2.02. The Morgan fingerprint density at radius 3 is 1.88 bits per heavy atom. The van der Waals surface area contributed by atoms with Crippen molar-refractivity contribution >= 4 is 10.0 Å². The van der Waals surface area contributed by atoms with Gasteiger partial charge in [-0.3, -0.25) is 0 Å². The maximum absolute atomic E-state index is 13.5. The lowest BCUT2D eigenvalue weighted by Crippen LogP contribution is -2.29. The number of hydrogen-bond acceptors (Lipinski definition) is 3. The molecule has 26 heavy (non-hydrogen) atoms. The number of benzene rings is 1. The molecule has 0 aliphatic carbocycles. The summed E-state index contributed by atoms with van der Waals surface area (Å²) < 4.78 is 33.7. The zero-order valence-electron chi connectivity index (χ0n) is 16.9. The molecule has 2 rings (SSSR count). The molecular formula is C21H31NO3S. The number of rotatable bonds is 7. The minimum Gasteiger partial charge on any atom is -0.468 e. The smallest absolute Gasteiger partial charge is 0.243 e. The van der Waals surface area contributed by atoms with Crippen molar-refractivity contribution < 1.29 is 12.8 Å². The number of hydrogen-bond donors (Lipinski definition) is 0. The molecule has 0 atom stereocenters. The van der Waals surface area contributed by atoms with Gasteiger partial charge in [-0.15, -0.1) is 0 Å². The predicted molar refractivity (Wildman–Crippen MR) is 106 cm³/mol. The van der Waals surface area contributed by atoms with E-state index in [1.165, 1.54) is 9.87 Å². The highest BCUT2D eigenvalue weighted by atomic mass is 32.2. The monoisotopic (exact) mass is 377 g/mol. The molecule has 0 saturated heterocycles. The topological polar surface area (TPSA) is 50.5 Å². The molecule has 0 N–H and O–H groups in total. The number of sulfonamides is 1. The Bertz CT molecular complexity index is 805. The molecule has 144 valence electrons. The molecule has 4 nitrogen and oxygen atoms in total. The molecule has 1 heterocycles. The van der Waals surface area contributed by atoms with Crippen molar-refractivity contribution in [3.05, 3.63) is 53.0 Å². The maximum atomic E-state index is 13.5. The van der Waals surface area contributed by atoms with Crippen LogP contribution < -0.4 is 0 Å². The first-order valence-electron chi connectivity index (χ1n) is 9.22. The first-order valence-corrected chi connectivity index (χ1v) is 10.7. The zero-order chi connectivity index (χ0) is 19.6. The Labute approximate surface area is 158 Å². The number of furan rings is 1. The average Bonchev–Trinajstić information content (AvgIpc) is 3.06. The van der Waals surface area contributed by atoms with E-state index in [2.05, 4.69) is 53.7 Å². The molecule has 0 fully saturated rings. The van der Waals surface area contributed by atoms with E-state index in [-0.39, 0.29) is 18.4 Å². The van der Waals surface area contributed by atoms with Crippen molar-refractivity contribution in [2.75, 3.05) is 7.05 Å². The van der Waals surface area contributed by atoms with Gasteiger partial charge in [0.05, 0.1) is 17.7 Å². The van der Waals surface area contributed by atoms with Crippen LogP contribution in [0.2, 0.25) is 0 Å². The molecular weight excluding hydrogens is 346 g/mol. The summed E-state index contributed by atoms with van der Waals surface area (Å²) in [6.07, 6.45) is 1.56. The van der Waals surface area contributed by atoms with Crippen LogP contribution in [0.25, 0.3) is 0 Å². The molecule has 0 amide bonds. The fourth-order valence-electron chi connectivity index (χ4n) is 3.05. The van der Waals surface area contributed by atoms with Crippen LogP contribution >= 0.6 is 0 Å². The van der Waals surface area contributed by atoms with Crippen LogP contribution in [0.3, 0.4) is 0 Å². The van der Waals surface area contributed by atoms with E-state index < -0.39 is 10.0 Å². The van der Waals surface area contributed by atoms with E-state index in [0.29, 0.717) is 16.6 Å². The molecule has 2 aromatic rings. The standard InChI is InChI=1S/C21H31NO3S/c1-14(2)17-11-19(15(3)4)21(20(12-17)16(5)6)26(23,24)22(7)13-18-9-8-10-25-18/h8-12,14-16H,13H2,1-7H3. The molecule has 0 bridgehead atoms. The van der Waals surface area contributed by atoms with Crippen LogP contribution in [0.15, 0.2) is 39.8 Å². The first-order chi connectivity index (χ1) is 12.1. The summed E-state index contributed by atoms with van der Waals surface area (Å²) in [6, 6.07) is 7.69. The molecule has 0 radical (unpaired) electrons. The second-order valence-electron chi connectivity index (χ2n) is 7.83. The fraction of sp³-hybridized carbons (Fsp3) is 0.524. The quantitative estimate of drug-likeness (QED) is 0.643. The number of nitrogens with zero attached hydrogens (tertiary/aromatic N) is 1. The molecule has 0 spiro atoms. The third-order valence-corrected chi connectivity index (χ3v) is 6.64. The lowest BCUT2D eigenvalue weighted by molar-refractivity contribution is 0.405. The van der Waals surface area contributed by atoms with Gasteiger partial charge in [-0.25, -0.2) is 8.42 Å². The van der Waals surface area contributed by atoms with Gasteiger partial charge in [-0.05, 0) is 46.6 Å². The molecule has 1 aromatic carbocycles. The predicted octanol–water partition coefficient (Wildman–Crippen LogP) is 5.47. The molecule has 0 unspecified atom stereocenters. The normalized spacial score (nSPS) is 12.7. The Morgan fingerprint density at radius 1 is 0.962 bits per heavy atom. The summed E-state index contributed by atoms with van der Waals surface area (Å²) in [6.45, 7) is 12.7. The minimum absolute atomic E-state index is 0.119. The first kappa shape index (κ1) is 20.7. The van der Waals surface area contributed by atoms with Crippen molar-refractivity contribution in [3.8, 4) is 0 Å². The van der Waals surface area contributed by atoms with Crippen LogP contribution in [0, 0.1) is 0 Å². The summed E-state index contributed by atoms with van der Waals surface area (Å²) in [5.74, 6) is 1.22. The van der Waals surface area contributed by atoms with Gasteiger partial charge in [0.1, 0.15) is 5.76 Å². The van der Waals surface area contributed by atoms with Gasteiger partial charge in [-0.2, -0.15) is 4.31 Å². The van der Waals surface area contributed by atoms with Crippen LogP contribution in [0.5, 0.6) is 0 Å². The molecule has 0 aliphatic rings. The van der Waals surface area contributed by atoms with E-state index in [9.17, 15) is 8.42 Å². The Balaban J connectivity index is 2.64. The highest BCUT2D eigenvalue weighted by Gasteiger charge is 2.30. The third-order valence-electron chi connectivity index (χ3n) is 4.71. The second-order valence-corrected chi connectivity index (χ2v) is 9.81. The van der Waals surface area contributed by atoms with Gasteiger partial charge in [0.15, 0.2) is 0 Å². The van der Waals surface area contributed by atoms with Gasteiger partial charge in [-0.1, -0.05) is 53.7 Å². The highest BCUT2D eigenvalue weighted by molar-refractivity contribution is 7.89. The minimum atomic E-state index is -3.64. The summed E-state index contributed by atoms with van der Waals surface area (Å²) in [5, 5.41) is 0. The Hall–Kier alpha value is -1.59. The van der Waals surface area contributed by atoms with Gasteiger partial charge in [0.25, 0.3) is 0 Å². The van der Waals surface area contributed by atoms with Crippen LogP contribution in [0.1, 0.15) is 81.7 Å². The van der Waals surface area contributed by atoms with Crippen molar-refractivity contribution in [2.24, 2.45) is 0 Å². The maximum Gasteiger partial charge on any atom is 0.243 e. The largest absolute Gasteiger partial charge is 0.468 e. The van der Waals surface area contributed by atoms with E-state index >= 15 is 0 Å². The van der Waals surface area contributed by atoms with Gasteiger partial charge >= 0.3 is 0 Å². The van der Waals surface area contributed by atoms with E-state index in [0.717, 1.165) is 11.1 Å². The van der Waals surface area contributed by atoms with Crippen molar-refractivity contribution in [1.82, 2.24) is 4.31 Å². The van der Waals surface area contributed by atoms with Crippen LogP contribution in [-0.2, 0) is 16.6 Å². The van der Waals surface area contributed by atoms with Crippen molar-refractivity contribution in [3.63, 3.8) is 0 Å². The zero-order valence-corrected chi connectivity index (χ0v) is 17.7. The Kier molecular flexibility index (Phi) is 6.35. The van der Waals surface area contributed by atoms with E-state index in [1.54, 1.807) is 25.4 Å². The summed E-state index contributed by atoms with van der Waals surface area (Å²) >= 11 is 0. The van der Waals surface area contributed by atoms with Crippen LogP contribution in [0.4, 0.5) is 0 Å². The third kappa shape index (κ3) is 4.21. The molecule has 0 aliphatic heterocycles. The van der Waals surface area contributed by atoms with Crippen molar-refractivity contribution in [2.45, 2.75) is 70.7 Å². The lowest BCUT2D eigenvalue weighted by Gasteiger charge is -2.25. The van der Waals surface area contributed by atoms with E-state index in [1.807, 2.05) is 0 Å². The average molecular weight is 378 g/mol. The van der Waals surface area contributed by atoms with Gasteiger partial charge in [0, 0.05) is 7.05 Å². The fourth-order valence-corrected chi connectivity index (χ4v) is 4.84. The van der Waals surface area contributed by atoms with E-state index in [4.69, 9.17) is 4.42 Å². The highest BCUT2D eigenvalue weighted by Crippen LogP contribution is 2.36. The summed E-state index contributed by atoms with van der Waals surface area (Å²) in [4.78, 5) is 0.459. The van der Waals surface area contributed by atoms with Gasteiger partial charge in [0.2, 0.25) is 10.0 Å². The lowest BCUT2D eigenvalue weighted by atomic mass is 9.89. The molecule has 1 aromatic heterocycles. The van der Waals surface area contributed by atoms with Crippen LogP contribution in [-0.4, -0.2) is 19.8 Å². The van der Waals surface area contributed by atoms with Gasteiger partial charge < -0.3 is 4.42 Å². The second kappa shape index (κ2) is 7.97. The van der Waals surface area contributed by atoms with Crippen molar-refractivity contribution in [1.29, 1.82) is 0 Å².